The first-order chi connectivity index (χ1) is 9.24. The summed E-state index contributed by atoms with van der Waals surface area (Å²) >= 11 is 0. The third-order valence-corrected chi connectivity index (χ3v) is 3.43. The van der Waals surface area contributed by atoms with Gasteiger partial charge in [0.15, 0.2) is 11.5 Å². The van der Waals surface area contributed by atoms with E-state index in [0.717, 1.165) is 36.3 Å². The SMILES string of the molecule is COc1cccc(CCN)c1OCC1CCC(C)O1. The van der Waals surface area contributed by atoms with E-state index in [1.807, 2.05) is 18.2 Å². The Morgan fingerprint density at radius 3 is 2.84 bits per heavy atom. The molecule has 1 aromatic carbocycles. The van der Waals surface area contributed by atoms with Gasteiger partial charge in [0, 0.05) is 0 Å². The maximum Gasteiger partial charge on any atom is 0.164 e. The number of hydrogen-bond acceptors (Lipinski definition) is 4. The molecule has 1 heterocycles. The van der Waals surface area contributed by atoms with Crippen LogP contribution in [0.25, 0.3) is 0 Å². The average Bonchev–Trinajstić information content (AvgIpc) is 2.83. The molecule has 0 aromatic heterocycles. The van der Waals surface area contributed by atoms with Gasteiger partial charge in [-0.3, -0.25) is 0 Å². The van der Waals surface area contributed by atoms with Crippen LogP contribution in [0.3, 0.4) is 0 Å². The lowest BCUT2D eigenvalue weighted by Crippen LogP contribution is -2.19. The number of ether oxygens (including phenoxy) is 3. The minimum Gasteiger partial charge on any atom is -0.493 e. The summed E-state index contributed by atoms with van der Waals surface area (Å²) in [7, 11) is 1.66. The van der Waals surface area contributed by atoms with Gasteiger partial charge in [-0.05, 0) is 44.4 Å². The molecule has 1 aliphatic rings. The van der Waals surface area contributed by atoms with Crippen LogP contribution in [0.1, 0.15) is 25.3 Å². The largest absolute Gasteiger partial charge is 0.493 e. The first-order valence-corrected chi connectivity index (χ1v) is 6.88. The third kappa shape index (κ3) is 3.61. The molecule has 1 saturated heterocycles. The van der Waals surface area contributed by atoms with E-state index in [2.05, 4.69) is 6.92 Å². The molecular formula is C15H23NO3. The molecule has 0 bridgehead atoms. The van der Waals surface area contributed by atoms with Gasteiger partial charge in [0.1, 0.15) is 6.61 Å². The van der Waals surface area contributed by atoms with Gasteiger partial charge in [0.25, 0.3) is 0 Å². The van der Waals surface area contributed by atoms with Gasteiger partial charge in [0.05, 0.1) is 19.3 Å². The minimum atomic E-state index is 0.186. The number of methoxy groups -OCH3 is 1. The average molecular weight is 265 g/mol. The molecule has 0 amide bonds. The van der Waals surface area contributed by atoms with E-state index >= 15 is 0 Å². The zero-order chi connectivity index (χ0) is 13.7. The van der Waals surface area contributed by atoms with E-state index in [-0.39, 0.29) is 6.10 Å². The van der Waals surface area contributed by atoms with Crippen molar-refractivity contribution in [3.8, 4) is 11.5 Å². The minimum absolute atomic E-state index is 0.186. The van der Waals surface area contributed by atoms with Crippen molar-refractivity contribution in [2.24, 2.45) is 5.73 Å². The van der Waals surface area contributed by atoms with Crippen LogP contribution >= 0.6 is 0 Å². The van der Waals surface area contributed by atoms with Gasteiger partial charge in [0.2, 0.25) is 0 Å². The second-order valence-electron chi connectivity index (χ2n) is 4.94. The summed E-state index contributed by atoms with van der Waals surface area (Å²) in [6.07, 6.45) is 3.48. The Hall–Kier alpha value is -1.26. The van der Waals surface area contributed by atoms with Crippen molar-refractivity contribution in [1.82, 2.24) is 0 Å². The Morgan fingerprint density at radius 2 is 2.21 bits per heavy atom. The van der Waals surface area contributed by atoms with Crippen LogP contribution in [0.2, 0.25) is 0 Å². The van der Waals surface area contributed by atoms with Crippen molar-refractivity contribution in [2.45, 2.75) is 38.4 Å². The lowest BCUT2D eigenvalue weighted by molar-refractivity contribution is 0.0257. The van der Waals surface area contributed by atoms with Crippen LogP contribution in [0.5, 0.6) is 11.5 Å². The first-order valence-electron chi connectivity index (χ1n) is 6.88. The first kappa shape index (κ1) is 14.2. The van der Waals surface area contributed by atoms with Gasteiger partial charge >= 0.3 is 0 Å². The molecule has 2 unspecified atom stereocenters. The smallest absolute Gasteiger partial charge is 0.164 e. The zero-order valence-electron chi connectivity index (χ0n) is 11.7. The van der Waals surface area contributed by atoms with Gasteiger partial charge in [-0.2, -0.15) is 0 Å². The summed E-state index contributed by atoms with van der Waals surface area (Å²) in [4.78, 5) is 0. The van der Waals surface area contributed by atoms with Gasteiger partial charge in [-0.25, -0.2) is 0 Å². The number of rotatable bonds is 6. The number of benzene rings is 1. The zero-order valence-corrected chi connectivity index (χ0v) is 11.7. The summed E-state index contributed by atoms with van der Waals surface area (Å²) in [6, 6.07) is 5.90. The predicted molar refractivity (Wildman–Crippen MR) is 74.8 cm³/mol. The molecule has 0 radical (unpaired) electrons. The molecule has 106 valence electrons. The van der Waals surface area contributed by atoms with Crippen LogP contribution in [0.4, 0.5) is 0 Å². The molecule has 1 aliphatic heterocycles. The Morgan fingerprint density at radius 1 is 1.37 bits per heavy atom. The maximum atomic E-state index is 5.94. The Balaban J connectivity index is 2.04. The van der Waals surface area contributed by atoms with Crippen molar-refractivity contribution in [3.63, 3.8) is 0 Å². The highest BCUT2D eigenvalue weighted by molar-refractivity contribution is 5.46. The molecule has 19 heavy (non-hydrogen) atoms. The van der Waals surface area contributed by atoms with E-state index in [4.69, 9.17) is 19.9 Å². The van der Waals surface area contributed by atoms with E-state index in [0.29, 0.717) is 19.3 Å². The van der Waals surface area contributed by atoms with E-state index in [9.17, 15) is 0 Å². The quantitative estimate of drug-likeness (QED) is 0.856. The lowest BCUT2D eigenvalue weighted by atomic mass is 10.1. The van der Waals surface area contributed by atoms with E-state index < -0.39 is 0 Å². The molecule has 2 rings (SSSR count). The molecule has 2 N–H and O–H groups in total. The van der Waals surface area contributed by atoms with Crippen LogP contribution in [0.15, 0.2) is 18.2 Å². The maximum absolute atomic E-state index is 5.94. The molecular weight excluding hydrogens is 242 g/mol. The summed E-state index contributed by atoms with van der Waals surface area (Å²) in [5.41, 5.74) is 6.73. The fraction of sp³-hybridized carbons (Fsp3) is 0.600. The molecule has 2 atom stereocenters. The van der Waals surface area contributed by atoms with Crippen molar-refractivity contribution in [2.75, 3.05) is 20.3 Å². The molecule has 4 heteroatoms. The van der Waals surface area contributed by atoms with Gasteiger partial charge in [-0.15, -0.1) is 0 Å². The van der Waals surface area contributed by atoms with Crippen LogP contribution in [0, 0.1) is 0 Å². The topological polar surface area (TPSA) is 53.7 Å². The standard InChI is InChI=1S/C15H23NO3/c1-11-6-7-13(19-11)10-18-15-12(8-9-16)4-3-5-14(15)17-2/h3-5,11,13H,6-10,16H2,1-2H3. The summed E-state index contributed by atoms with van der Waals surface area (Å²) < 4.78 is 17.1. The van der Waals surface area contributed by atoms with Crippen LogP contribution in [-0.4, -0.2) is 32.5 Å². The summed E-state index contributed by atoms with van der Waals surface area (Å²) in [5, 5.41) is 0. The molecule has 1 fully saturated rings. The number of hydrogen-bond donors (Lipinski definition) is 1. The van der Waals surface area contributed by atoms with Gasteiger partial charge in [-0.1, -0.05) is 12.1 Å². The number of para-hydroxylation sites is 1. The molecule has 0 spiro atoms. The van der Waals surface area contributed by atoms with E-state index in [1.165, 1.54) is 0 Å². The molecule has 0 aliphatic carbocycles. The predicted octanol–water partition coefficient (Wildman–Crippen LogP) is 2.14. The fourth-order valence-electron chi connectivity index (χ4n) is 2.42. The second kappa shape index (κ2) is 6.78. The summed E-state index contributed by atoms with van der Waals surface area (Å²) in [5.74, 6) is 1.57. The normalized spacial score (nSPS) is 22.5. The highest BCUT2D eigenvalue weighted by Gasteiger charge is 2.23. The van der Waals surface area contributed by atoms with Crippen LogP contribution in [-0.2, 0) is 11.2 Å². The Labute approximate surface area is 114 Å². The monoisotopic (exact) mass is 265 g/mol. The molecule has 1 aromatic rings. The van der Waals surface area contributed by atoms with E-state index in [1.54, 1.807) is 7.11 Å². The molecule has 4 nitrogen and oxygen atoms in total. The van der Waals surface area contributed by atoms with Crippen molar-refractivity contribution in [1.29, 1.82) is 0 Å². The third-order valence-electron chi connectivity index (χ3n) is 3.43. The van der Waals surface area contributed by atoms with Crippen molar-refractivity contribution < 1.29 is 14.2 Å². The van der Waals surface area contributed by atoms with Crippen molar-refractivity contribution >= 4 is 0 Å². The Kier molecular flexibility index (Phi) is 5.05. The lowest BCUT2D eigenvalue weighted by Gasteiger charge is -2.17. The fourth-order valence-corrected chi connectivity index (χ4v) is 2.42. The highest BCUT2D eigenvalue weighted by Crippen LogP contribution is 2.32. The number of nitrogens with two attached hydrogens (primary N) is 1. The Bertz CT molecular complexity index is 408. The summed E-state index contributed by atoms with van der Waals surface area (Å²) in [6.45, 7) is 3.27. The van der Waals surface area contributed by atoms with Gasteiger partial charge < -0.3 is 19.9 Å². The van der Waals surface area contributed by atoms with Crippen LogP contribution < -0.4 is 15.2 Å². The second-order valence-corrected chi connectivity index (χ2v) is 4.94. The van der Waals surface area contributed by atoms with Crippen molar-refractivity contribution in [3.05, 3.63) is 23.8 Å². The highest BCUT2D eigenvalue weighted by atomic mass is 16.6. The molecule has 0 saturated carbocycles.